The number of ether oxygens (including phenoxy) is 2. The van der Waals surface area contributed by atoms with Crippen molar-refractivity contribution >= 4 is 11.9 Å². The summed E-state index contributed by atoms with van der Waals surface area (Å²) in [5.41, 5.74) is 7.46. The minimum atomic E-state index is -0.736. The van der Waals surface area contributed by atoms with Gasteiger partial charge in [0, 0.05) is 82.3 Å². The van der Waals surface area contributed by atoms with Gasteiger partial charge < -0.3 is 41.2 Å². The Bertz CT molecular complexity index is 1730. The Labute approximate surface area is 326 Å². The molecule has 13 unspecified atom stereocenters. The number of nitrogens with two attached hydrogens (primary N) is 1. The number of esters is 1. The second kappa shape index (κ2) is 16.5. The van der Waals surface area contributed by atoms with Gasteiger partial charge in [-0.05, 0) is 99.4 Å². The van der Waals surface area contributed by atoms with Gasteiger partial charge in [-0.15, -0.1) is 5.92 Å². The van der Waals surface area contributed by atoms with E-state index in [2.05, 4.69) is 44.1 Å². The van der Waals surface area contributed by atoms with E-state index in [0.717, 1.165) is 70.4 Å². The van der Waals surface area contributed by atoms with Crippen LogP contribution in [0, 0.1) is 58.7 Å². The van der Waals surface area contributed by atoms with Crippen LogP contribution in [0.4, 0.5) is 0 Å². The maximum atomic E-state index is 12.8. The predicted molar refractivity (Wildman–Crippen MR) is 209 cm³/mol. The number of aromatic hydroxyl groups is 1. The lowest BCUT2D eigenvalue weighted by Gasteiger charge is -2.50. The number of nitrogens with zero attached hydrogens (tertiary/aromatic N) is 3. The third-order valence-electron chi connectivity index (χ3n) is 13.7. The lowest BCUT2D eigenvalue weighted by Crippen LogP contribution is -2.58. The summed E-state index contributed by atoms with van der Waals surface area (Å²) in [6.07, 6.45) is 6.27. The van der Waals surface area contributed by atoms with Gasteiger partial charge in [-0.1, -0.05) is 17.8 Å². The first kappa shape index (κ1) is 38.4. The van der Waals surface area contributed by atoms with Gasteiger partial charge in [0.15, 0.2) is 17.5 Å². The van der Waals surface area contributed by atoms with Gasteiger partial charge in [0.05, 0.1) is 24.8 Å². The maximum Gasteiger partial charge on any atom is 0.302 e. The average Bonchev–Trinajstić information content (AvgIpc) is 3.17. The van der Waals surface area contributed by atoms with E-state index < -0.39 is 23.6 Å². The number of phenolic OH excluding ortho intramolecular Hbond substituents is 1. The van der Waals surface area contributed by atoms with Crippen LogP contribution >= 0.6 is 0 Å². The third kappa shape index (κ3) is 8.90. The Balaban J connectivity index is 1.30. The van der Waals surface area contributed by atoms with Crippen LogP contribution in [0.15, 0.2) is 17.1 Å². The van der Waals surface area contributed by atoms with Crippen LogP contribution in [0.25, 0.3) is 0 Å². The molecule has 8 aliphatic rings. The van der Waals surface area contributed by atoms with Crippen LogP contribution in [0.5, 0.6) is 11.5 Å². The summed E-state index contributed by atoms with van der Waals surface area (Å²) in [4.78, 5) is 22.8. The van der Waals surface area contributed by atoms with Gasteiger partial charge in [-0.25, -0.2) is 4.99 Å². The number of carbonyl (C=O) groups is 1. The van der Waals surface area contributed by atoms with E-state index in [1.54, 1.807) is 6.07 Å². The van der Waals surface area contributed by atoms with Crippen LogP contribution < -0.4 is 21.1 Å². The minimum absolute atomic E-state index is 0.000977. The number of nitrogens with one attached hydrogen (secondary N) is 2. The first-order valence-electron chi connectivity index (χ1n) is 20.8. The van der Waals surface area contributed by atoms with Crippen LogP contribution in [-0.2, 0) is 22.6 Å². The number of carbonyl (C=O) groups excluding carboxylic acids is 1. The number of hydrogen-bond donors (Lipinski definition) is 6. The van der Waals surface area contributed by atoms with Crippen molar-refractivity contribution in [2.45, 2.75) is 115 Å². The highest BCUT2D eigenvalue weighted by molar-refractivity contribution is 5.77. The van der Waals surface area contributed by atoms with E-state index in [4.69, 9.17) is 20.2 Å². The third-order valence-corrected chi connectivity index (χ3v) is 13.7. The van der Waals surface area contributed by atoms with Gasteiger partial charge >= 0.3 is 5.97 Å². The fraction of sp³-hybridized carbons (Fsp3) is 0.721. The molecule has 0 saturated carbocycles. The predicted octanol–water partition coefficient (Wildman–Crippen LogP) is 2.33. The van der Waals surface area contributed by atoms with Crippen molar-refractivity contribution in [1.29, 1.82) is 0 Å². The van der Waals surface area contributed by atoms with Gasteiger partial charge in [-0.3, -0.25) is 14.6 Å². The SMILES string of the molecule is CC(=O)OC1CC(O)CCC23C#CC4CC(C#CCC5C6CC(CN(CN=C(N)NC2)C6)CN5CC3)CC2CC(CCN2)Oc2cc(c(CO)cc2O)CC41. The summed E-state index contributed by atoms with van der Waals surface area (Å²) in [7, 11) is 0. The summed E-state index contributed by atoms with van der Waals surface area (Å²) in [6.45, 7) is 6.96. The summed E-state index contributed by atoms with van der Waals surface area (Å²) in [5.74, 6) is 16.2. The zero-order valence-corrected chi connectivity index (χ0v) is 32.3. The van der Waals surface area contributed by atoms with Crippen LogP contribution in [-0.4, -0.2) is 113 Å². The summed E-state index contributed by atoms with van der Waals surface area (Å²) in [5, 5.41) is 40.7. The van der Waals surface area contributed by atoms with Crippen molar-refractivity contribution in [3.63, 3.8) is 0 Å². The highest BCUT2D eigenvalue weighted by Crippen LogP contribution is 2.42. The van der Waals surface area contributed by atoms with E-state index in [1.807, 2.05) is 6.07 Å². The molecule has 1 aromatic carbocycles. The largest absolute Gasteiger partial charge is 0.504 e. The Kier molecular flexibility index (Phi) is 11.5. The van der Waals surface area contributed by atoms with Crippen LogP contribution in [0.2, 0.25) is 0 Å². The van der Waals surface area contributed by atoms with Gasteiger partial charge in [0.1, 0.15) is 12.2 Å². The van der Waals surface area contributed by atoms with E-state index in [1.165, 1.54) is 13.3 Å². The number of hydrogen-bond acceptors (Lipinski definition) is 12. The molecule has 0 aromatic heterocycles. The molecule has 13 atom stereocenters. The zero-order valence-electron chi connectivity index (χ0n) is 32.3. The molecule has 55 heavy (non-hydrogen) atoms. The van der Waals surface area contributed by atoms with Gasteiger partial charge in [0.25, 0.3) is 0 Å². The Hall–Kier alpha value is -3.52. The number of rotatable bonds is 2. The highest BCUT2D eigenvalue weighted by Gasteiger charge is 2.43. The molecule has 12 bridgehead atoms. The molecular formula is C43H60N6O6. The molecule has 1 aliphatic carbocycles. The second-order valence-electron chi connectivity index (χ2n) is 17.7. The molecule has 7 aliphatic heterocycles. The molecule has 7 N–H and O–H groups in total. The average molecular weight is 757 g/mol. The zero-order chi connectivity index (χ0) is 38.1. The lowest BCUT2D eigenvalue weighted by atomic mass is 9.72. The molecule has 7 heterocycles. The number of guanidine groups is 1. The Morgan fingerprint density at radius 2 is 2.02 bits per heavy atom. The molecule has 3 saturated heterocycles. The smallest absolute Gasteiger partial charge is 0.302 e. The molecule has 3 fully saturated rings. The molecular weight excluding hydrogens is 697 g/mol. The van der Waals surface area contributed by atoms with E-state index in [0.29, 0.717) is 74.0 Å². The topological polar surface area (TPSA) is 165 Å². The Morgan fingerprint density at radius 3 is 2.87 bits per heavy atom. The first-order valence-corrected chi connectivity index (χ1v) is 20.8. The van der Waals surface area contributed by atoms with Crippen molar-refractivity contribution in [2.24, 2.45) is 45.7 Å². The standard InChI is InChI=1S/C43H60N6O6/c1-27(51)54-40-20-35(52)6-9-43-8-5-30-13-28(15-34-19-36(7-11-45-34)55-41-18-31(16-37(30)40)33(24-50)17-39(41)53)3-2-4-38-32-14-29(22-49(38)12-10-43)21-48(23-32)26-47-42(44)46-25-43/h17-18,28-30,32,34-38,40,45,50,52-53H,4,6-7,9-16,19-26H2,1H3,(H3,44,46,47). The normalized spacial score (nSPS) is 40.0. The molecule has 1 spiro atoms. The quantitative estimate of drug-likeness (QED) is 0.194. The van der Waals surface area contributed by atoms with Crippen molar-refractivity contribution < 1.29 is 29.6 Å². The molecule has 298 valence electrons. The van der Waals surface area contributed by atoms with E-state index in [-0.39, 0.29) is 48.7 Å². The summed E-state index contributed by atoms with van der Waals surface area (Å²) < 4.78 is 12.7. The van der Waals surface area contributed by atoms with Crippen LogP contribution in [0.1, 0.15) is 82.3 Å². The lowest BCUT2D eigenvalue weighted by molar-refractivity contribution is -0.152. The number of phenols is 1. The maximum absolute atomic E-state index is 12.8. The van der Waals surface area contributed by atoms with E-state index in [9.17, 15) is 20.1 Å². The molecule has 12 nitrogen and oxygen atoms in total. The minimum Gasteiger partial charge on any atom is -0.504 e. The number of aliphatic hydroxyl groups is 2. The Morgan fingerprint density at radius 1 is 1.13 bits per heavy atom. The first-order chi connectivity index (χ1) is 26.6. The van der Waals surface area contributed by atoms with E-state index >= 15 is 0 Å². The fourth-order valence-corrected chi connectivity index (χ4v) is 10.9. The molecule has 12 heteroatoms. The molecule has 0 amide bonds. The summed E-state index contributed by atoms with van der Waals surface area (Å²) in [6, 6.07) is 3.95. The van der Waals surface area contributed by atoms with Crippen LogP contribution in [0.3, 0.4) is 0 Å². The van der Waals surface area contributed by atoms with Crippen molar-refractivity contribution in [2.75, 3.05) is 45.9 Å². The fourth-order valence-electron chi connectivity index (χ4n) is 10.9. The summed E-state index contributed by atoms with van der Waals surface area (Å²) >= 11 is 0. The second-order valence-corrected chi connectivity index (χ2v) is 17.7. The molecule has 0 radical (unpaired) electrons. The number of piperidine rings is 3. The molecule has 1 aromatic rings. The van der Waals surface area contributed by atoms with Gasteiger partial charge in [0.2, 0.25) is 0 Å². The van der Waals surface area contributed by atoms with Crippen molar-refractivity contribution in [3.05, 3.63) is 23.3 Å². The number of fused-ring (bicyclic) bond motifs is 8. The highest BCUT2D eigenvalue weighted by atomic mass is 16.5. The number of aliphatic imine (C=N–C) groups is 1. The monoisotopic (exact) mass is 756 g/mol. The van der Waals surface area contributed by atoms with Gasteiger partial charge in [-0.2, -0.15) is 0 Å². The number of aliphatic hydroxyl groups excluding tert-OH is 2. The van der Waals surface area contributed by atoms with Crippen molar-refractivity contribution in [1.82, 2.24) is 20.4 Å². The molecule has 9 rings (SSSR count). The number of benzene rings is 1. The van der Waals surface area contributed by atoms with Crippen molar-refractivity contribution in [3.8, 4) is 35.2 Å².